The van der Waals surface area contributed by atoms with Crippen molar-refractivity contribution in [2.75, 3.05) is 20.3 Å². The van der Waals surface area contributed by atoms with Crippen LogP contribution in [0.25, 0.3) is 0 Å². The predicted octanol–water partition coefficient (Wildman–Crippen LogP) is 1.92. The highest BCUT2D eigenvalue weighted by molar-refractivity contribution is 7.19. The highest BCUT2D eigenvalue weighted by atomic mass is 35.5. The summed E-state index contributed by atoms with van der Waals surface area (Å²) in [6.45, 7) is 2.72. The van der Waals surface area contributed by atoms with Crippen molar-refractivity contribution in [1.29, 1.82) is 0 Å². The molecule has 0 aliphatic carbocycles. The van der Waals surface area contributed by atoms with Gasteiger partial charge >= 0.3 is 5.97 Å². The molecule has 124 valence electrons. The number of methoxy groups -OCH3 is 1. The fraction of sp³-hybridized carbons (Fsp3) is 0.538. The molecule has 22 heavy (non-hydrogen) atoms. The van der Waals surface area contributed by atoms with Crippen molar-refractivity contribution in [2.24, 2.45) is 5.73 Å². The normalized spacial score (nSPS) is 12.0. The summed E-state index contributed by atoms with van der Waals surface area (Å²) in [6.07, 6.45) is 1.11. The van der Waals surface area contributed by atoms with Gasteiger partial charge in [-0.25, -0.2) is 4.79 Å². The summed E-state index contributed by atoms with van der Waals surface area (Å²) >= 11 is 13.0. The maximum atomic E-state index is 12.3. The molecule has 0 spiro atoms. The van der Waals surface area contributed by atoms with Crippen molar-refractivity contribution in [2.45, 2.75) is 25.8 Å². The second-order valence-corrected chi connectivity index (χ2v) is 6.54. The molecule has 0 saturated heterocycles. The molecule has 0 aliphatic heterocycles. The van der Waals surface area contributed by atoms with Crippen LogP contribution in [-0.4, -0.2) is 38.2 Å². The van der Waals surface area contributed by atoms with Gasteiger partial charge in [-0.1, -0.05) is 23.2 Å². The summed E-state index contributed by atoms with van der Waals surface area (Å²) in [5.74, 6) is -0.883. The lowest BCUT2D eigenvalue weighted by atomic mass is 10.1. The molecule has 4 N–H and O–H groups in total. The van der Waals surface area contributed by atoms with E-state index in [0.717, 1.165) is 11.3 Å². The van der Waals surface area contributed by atoms with E-state index in [1.807, 2.05) is 0 Å². The SMILES string of the molecule is COC(=O)[C@H](CCCNCN)NC(=O)c1sc(Cl)c(Cl)c1C. The van der Waals surface area contributed by atoms with E-state index < -0.39 is 17.9 Å². The monoisotopic (exact) mass is 367 g/mol. The van der Waals surface area contributed by atoms with Crippen molar-refractivity contribution in [3.8, 4) is 0 Å². The number of halogens is 2. The molecule has 1 rings (SSSR count). The van der Waals surface area contributed by atoms with Gasteiger partial charge in [0.15, 0.2) is 0 Å². The smallest absolute Gasteiger partial charge is 0.328 e. The maximum absolute atomic E-state index is 12.3. The van der Waals surface area contributed by atoms with Gasteiger partial charge in [0.2, 0.25) is 0 Å². The second kappa shape index (κ2) is 9.32. The molecule has 0 saturated carbocycles. The lowest BCUT2D eigenvalue weighted by molar-refractivity contribution is -0.143. The number of hydrogen-bond donors (Lipinski definition) is 3. The van der Waals surface area contributed by atoms with Crippen molar-refractivity contribution in [1.82, 2.24) is 10.6 Å². The Morgan fingerprint density at radius 1 is 1.41 bits per heavy atom. The molecule has 0 radical (unpaired) electrons. The van der Waals surface area contributed by atoms with Gasteiger partial charge < -0.3 is 21.1 Å². The molecule has 0 fully saturated rings. The Hall–Kier alpha value is -0.860. The van der Waals surface area contributed by atoms with E-state index >= 15 is 0 Å². The van der Waals surface area contributed by atoms with E-state index in [1.54, 1.807) is 6.92 Å². The van der Waals surface area contributed by atoms with Gasteiger partial charge in [0.25, 0.3) is 5.91 Å². The molecule has 1 aromatic heterocycles. The Morgan fingerprint density at radius 3 is 2.59 bits per heavy atom. The number of esters is 1. The second-order valence-electron chi connectivity index (χ2n) is 4.54. The molecule has 1 heterocycles. The Bertz CT molecular complexity index is 537. The number of ether oxygens (including phenoxy) is 1. The van der Waals surface area contributed by atoms with Crippen LogP contribution < -0.4 is 16.4 Å². The standard InChI is InChI=1S/C13H19Cl2N3O3S/c1-7-9(14)11(15)22-10(7)12(19)18-8(13(20)21-2)4-3-5-17-6-16/h8,17H,3-6,16H2,1-2H3,(H,18,19)/t8-/m0/s1. The van der Waals surface area contributed by atoms with Crippen molar-refractivity contribution >= 4 is 46.4 Å². The minimum atomic E-state index is -0.726. The number of nitrogens with one attached hydrogen (secondary N) is 2. The van der Waals surface area contributed by atoms with Crippen molar-refractivity contribution < 1.29 is 14.3 Å². The Balaban J connectivity index is 2.73. The molecule has 6 nitrogen and oxygen atoms in total. The summed E-state index contributed by atoms with van der Waals surface area (Å²) in [5.41, 5.74) is 5.92. The minimum absolute atomic E-state index is 0.353. The average Bonchev–Trinajstić information content (AvgIpc) is 2.77. The van der Waals surface area contributed by atoms with Gasteiger partial charge in [-0.05, 0) is 31.9 Å². The first kappa shape index (κ1) is 19.2. The molecule has 1 aromatic rings. The van der Waals surface area contributed by atoms with Crippen molar-refractivity contribution in [3.63, 3.8) is 0 Å². The maximum Gasteiger partial charge on any atom is 0.328 e. The summed E-state index contributed by atoms with van der Waals surface area (Å²) in [4.78, 5) is 24.5. The number of amides is 1. The van der Waals surface area contributed by atoms with Crippen LogP contribution >= 0.6 is 34.5 Å². The fourth-order valence-corrected chi connectivity index (χ4v) is 3.29. The van der Waals surface area contributed by atoms with E-state index in [4.69, 9.17) is 33.7 Å². The van der Waals surface area contributed by atoms with E-state index in [9.17, 15) is 9.59 Å². The molecule has 0 aromatic carbocycles. The summed E-state index contributed by atoms with van der Waals surface area (Å²) < 4.78 is 5.07. The number of hydrogen-bond acceptors (Lipinski definition) is 6. The lowest BCUT2D eigenvalue weighted by Gasteiger charge is -2.16. The summed E-state index contributed by atoms with van der Waals surface area (Å²) in [5, 5.41) is 5.97. The zero-order valence-corrected chi connectivity index (χ0v) is 14.7. The Kier molecular flexibility index (Phi) is 8.13. The minimum Gasteiger partial charge on any atom is -0.467 e. The predicted molar refractivity (Wildman–Crippen MR) is 88.6 cm³/mol. The third-order valence-electron chi connectivity index (χ3n) is 3.02. The van der Waals surface area contributed by atoms with Crippen LogP contribution in [0.5, 0.6) is 0 Å². The first-order valence-corrected chi connectivity index (χ1v) is 8.23. The molecular weight excluding hydrogens is 349 g/mol. The Morgan fingerprint density at radius 2 is 2.09 bits per heavy atom. The fourth-order valence-electron chi connectivity index (χ4n) is 1.82. The lowest BCUT2D eigenvalue weighted by Crippen LogP contribution is -2.42. The van der Waals surface area contributed by atoms with Crippen LogP contribution in [0.15, 0.2) is 0 Å². The number of nitrogens with two attached hydrogens (primary N) is 1. The third kappa shape index (κ3) is 5.10. The number of carbonyl (C=O) groups is 2. The van der Waals surface area contributed by atoms with E-state index in [-0.39, 0.29) is 0 Å². The van der Waals surface area contributed by atoms with E-state index in [0.29, 0.717) is 45.9 Å². The zero-order chi connectivity index (χ0) is 16.7. The summed E-state index contributed by atoms with van der Waals surface area (Å²) in [7, 11) is 1.28. The first-order chi connectivity index (χ1) is 10.4. The number of thiophene rings is 1. The van der Waals surface area contributed by atoms with Gasteiger partial charge in [0.05, 0.1) is 17.0 Å². The van der Waals surface area contributed by atoms with Crippen molar-refractivity contribution in [3.05, 3.63) is 19.8 Å². The van der Waals surface area contributed by atoms with Crippen LogP contribution in [0.4, 0.5) is 0 Å². The van der Waals surface area contributed by atoms with Crippen LogP contribution in [0.1, 0.15) is 28.1 Å². The van der Waals surface area contributed by atoms with Gasteiger partial charge in [-0.2, -0.15) is 0 Å². The molecule has 0 bridgehead atoms. The Labute approximate surface area is 143 Å². The van der Waals surface area contributed by atoms with Crippen LogP contribution in [0, 0.1) is 6.92 Å². The van der Waals surface area contributed by atoms with Crippen LogP contribution in [0.3, 0.4) is 0 Å². The highest BCUT2D eigenvalue weighted by Gasteiger charge is 2.25. The molecule has 1 atom stereocenters. The van der Waals surface area contributed by atoms with E-state index in [1.165, 1.54) is 7.11 Å². The largest absolute Gasteiger partial charge is 0.467 e. The topological polar surface area (TPSA) is 93.4 Å². The van der Waals surface area contributed by atoms with E-state index in [2.05, 4.69) is 10.6 Å². The van der Waals surface area contributed by atoms with Crippen LogP contribution in [0.2, 0.25) is 9.36 Å². The third-order valence-corrected chi connectivity index (χ3v) is 5.20. The number of rotatable bonds is 8. The molecule has 1 amide bonds. The quantitative estimate of drug-likeness (QED) is 0.370. The average molecular weight is 368 g/mol. The van der Waals surface area contributed by atoms with Gasteiger partial charge in [0.1, 0.15) is 10.4 Å². The molecule has 0 unspecified atom stereocenters. The number of carbonyl (C=O) groups excluding carboxylic acids is 2. The van der Waals surface area contributed by atoms with Gasteiger partial charge in [0, 0.05) is 6.67 Å². The zero-order valence-electron chi connectivity index (χ0n) is 12.4. The van der Waals surface area contributed by atoms with Gasteiger partial charge in [-0.3, -0.25) is 4.79 Å². The van der Waals surface area contributed by atoms with Crippen LogP contribution in [-0.2, 0) is 9.53 Å². The molecular formula is C13H19Cl2N3O3S. The summed E-state index contributed by atoms with van der Waals surface area (Å²) in [6, 6.07) is -0.726. The first-order valence-electron chi connectivity index (χ1n) is 6.66. The molecule has 0 aliphatic rings. The van der Waals surface area contributed by atoms with Gasteiger partial charge in [-0.15, -0.1) is 11.3 Å². The molecule has 9 heteroatoms. The highest BCUT2D eigenvalue weighted by Crippen LogP contribution is 2.36.